The molecule has 25 heavy (non-hydrogen) atoms. The summed E-state index contributed by atoms with van der Waals surface area (Å²) in [5.74, 6) is 0.834. The molecule has 3 aromatic rings. The third kappa shape index (κ3) is 3.73. The van der Waals surface area contributed by atoms with Crippen molar-refractivity contribution in [2.75, 3.05) is 0 Å². The topological polar surface area (TPSA) is 39.9 Å². The van der Waals surface area contributed by atoms with Crippen LogP contribution in [-0.4, -0.2) is 15.0 Å². The Morgan fingerprint density at radius 1 is 1.08 bits per heavy atom. The molecule has 0 N–H and O–H groups in total. The summed E-state index contributed by atoms with van der Waals surface area (Å²) in [4.78, 5) is 0. The second-order valence-corrected chi connectivity index (χ2v) is 6.30. The molecule has 4 nitrogen and oxygen atoms in total. The van der Waals surface area contributed by atoms with Gasteiger partial charge < -0.3 is 4.74 Å². The molecule has 4 heteroatoms. The lowest BCUT2D eigenvalue weighted by Crippen LogP contribution is -2.40. The zero-order chi connectivity index (χ0) is 17.5. The van der Waals surface area contributed by atoms with E-state index in [1.165, 1.54) is 0 Å². The Hall–Kier alpha value is -2.62. The normalized spacial score (nSPS) is 13.5. The maximum Gasteiger partial charge on any atom is 0.207 e. The van der Waals surface area contributed by atoms with E-state index in [0.717, 1.165) is 42.5 Å². The molecule has 3 rings (SSSR count). The van der Waals surface area contributed by atoms with Crippen molar-refractivity contribution < 1.29 is 4.74 Å². The fraction of sp³-hybridized carbons (Fsp3) is 0.333. The largest absolute Gasteiger partial charge is 0.466 e. The maximum atomic E-state index is 6.53. The van der Waals surface area contributed by atoms with E-state index in [1.54, 1.807) is 0 Å². The van der Waals surface area contributed by atoms with Gasteiger partial charge >= 0.3 is 0 Å². The highest BCUT2D eigenvalue weighted by molar-refractivity contribution is 5.74. The maximum absolute atomic E-state index is 6.53. The van der Waals surface area contributed by atoms with Gasteiger partial charge in [0, 0.05) is 12.8 Å². The number of hydrogen-bond donors (Lipinski definition) is 0. The summed E-state index contributed by atoms with van der Waals surface area (Å²) in [5.41, 5.74) is 1.24. The van der Waals surface area contributed by atoms with Crippen LogP contribution in [0.5, 0.6) is 5.75 Å². The van der Waals surface area contributed by atoms with E-state index in [1.807, 2.05) is 65.4 Å². The van der Waals surface area contributed by atoms with Crippen molar-refractivity contribution >= 4 is 11.0 Å². The first-order valence-corrected chi connectivity index (χ1v) is 8.95. The van der Waals surface area contributed by atoms with Crippen LogP contribution >= 0.6 is 0 Å². The summed E-state index contributed by atoms with van der Waals surface area (Å²) in [6.45, 7) is 6.17. The Balaban J connectivity index is 2.06. The Labute approximate surface area is 149 Å². The van der Waals surface area contributed by atoms with Crippen LogP contribution in [0.15, 0.2) is 67.3 Å². The molecular formula is C21H25N3O. The summed E-state index contributed by atoms with van der Waals surface area (Å²) in [5, 5.41) is 8.79. The minimum Gasteiger partial charge on any atom is -0.466 e. The number of nitrogens with zero attached hydrogens (tertiary/aromatic N) is 3. The minimum absolute atomic E-state index is 0.617. The van der Waals surface area contributed by atoms with E-state index in [-0.39, 0.29) is 0 Å². The molecule has 2 aromatic carbocycles. The smallest absolute Gasteiger partial charge is 0.207 e. The second kappa shape index (κ2) is 7.97. The quantitative estimate of drug-likeness (QED) is 0.392. The van der Waals surface area contributed by atoms with Crippen molar-refractivity contribution in [1.29, 1.82) is 0 Å². The number of ether oxygens (including phenoxy) is 1. The van der Waals surface area contributed by atoms with Gasteiger partial charge in [0.25, 0.3) is 0 Å². The Morgan fingerprint density at radius 2 is 1.84 bits per heavy atom. The number of aromatic nitrogens is 3. The van der Waals surface area contributed by atoms with E-state index in [9.17, 15) is 0 Å². The van der Waals surface area contributed by atoms with E-state index in [2.05, 4.69) is 23.8 Å². The molecule has 0 amide bonds. The molecule has 130 valence electrons. The van der Waals surface area contributed by atoms with Crippen molar-refractivity contribution in [2.45, 2.75) is 44.8 Å². The standard InChI is InChI=1S/C21H25N3O/c1-3-5-11-17-21(16-4-2,25-18-12-7-6-8-13-18)24-20-15-10-9-14-19(20)22-23-24/h4,6-10,12-15H,2-3,5,11,16-17H2,1H3. The van der Waals surface area contributed by atoms with Crippen LogP contribution in [0.1, 0.15) is 39.0 Å². The van der Waals surface area contributed by atoms with Gasteiger partial charge in [0.15, 0.2) is 0 Å². The van der Waals surface area contributed by atoms with E-state index < -0.39 is 5.72 Å². The molecule has 0 bridgehead atoms. The van der Waals surface area contributed by atoms with Gasteiger partial charge in [-0.2, -0.15) is 0 Å². The average Bonchev–Trinajstić information content (AvgIpc) is 3.07. The zero-order valence-electron chi connectivity index (χ0n) is 14.8. The fourth-order valence-electron chi connectivity index (χ4n) is 3.18. The summed E-state index contributed by atoms with van der Waals surface area (Å²) in [7, 11) is 0. The summed E-state index contributed by atoms with van der Waals surface area (Å²) in [6.07, 6.45) is 6.81. The molecule has 1 atom stereocenters. The Bertz CT molecular complexity index is 812. The lowest BCUT2D eigenvalue weighted by atomic mass is 10.0. The van der Waals surface area contributed by atoms with Crippen LogP contribution in [0.4, 0.5) is 0 Å². The molecule has 0 radical (unpaired) electrons. The molecule has 0 saturated carbocycles. The molecule has 0 aliphatic rings. The van der Waals surface area contributed by atoms with Gasteiger partial charge in [-0.25, -0.2) is 4.68 Å². The molecule has 0 aliphatic heterocycles. The zero-order valence-corrected chi connectivity index (χ0v) is 14.8. The minimum atomic E-state index is -0.617. The van der Waals surface area contributed by atoms with E-state index in [4.69, 9.17) is 4.74 Å². The average molecular weight is 335 g/mol. The fourth-order valence-corrected chi connectivity index (χ4v) is 3.18. The van der Waals surface area contributed by atoms with Crippen molar-refractivity contribution in [2.24, 2.45) is 0 Å². The van der Waals surface area contributed by atoms with Crippen LogP contribution in [-0.2, 0) is 5.72 Å². The van der Waals surface area contributed by atoms with Crippen molar-refractivity contribution in [3.05, 3.63) is 67.3 Å². The lowest BCUT2D eigenvalue weighted by molar-refractivity contribution is -0.0262. The number of para-hydroxylation sites is 2. The van der Waals surface area contributed by atoms with Crippen LogP contribution in [0.25, 0.3) is 11.0 Å². The van der Waals surface area contributed by atoms with Gasteiger partial charge in [-0.15, -0.1) is 11.7 Å². The number of unbranched alkanes of at least 4 members (excludes halogenated alkanes) is 2. The Morgan fingerprint density at radius 3 is 2.60 bits per heavy atom. The summed E-state index contributed by atoms with van der Waals surface area (Å²) < 4.78 is 8.47. The highest BCUT2D eigenvalue weighted by Crippen LogP contribution is 2.33. The van der Waals surface area contributed by atoms with Gasteiger partial charge in [0.1, 0.15) is 11.3 Å². The highest BCUT2D eigenvalue weighted by atomic mass is 16.5. The van der Waals surface area contributed by atoms with Crippen molar-refractivity contribution in [3.8, 4) is 5.75 Å². The van der Waals surface area contributed by atoms with E-state index in [0.29, 0.717) is 6.42 Å². The number of fused-ring (bicyclic) bond motifs is 1. The van der Waals surface area contributed by atoms with Gasteiger partial charge in [0.05, 0.1) is 5.52 Å². The molecule has 0 aliphatic carbocycles. The van der Waals surface area contributed by atoms with E-state index >= 15 is 0 Å². The van der Waals surface area contributed by atoms with Crippen LogP contribution in [0.2, 0.25) is 0 Å². The third-order valence-electron chi connectivity index (χ3n) is 4.42. The highest BCUT2D eigenvalue weighted by Gasteiger charge is 2.35. The van der Waals surface area contributed by atoms with Crippen LogP contribution < -0.4 is 4.74 Å². The monoisotopic (exact) mass is 335 g/mol. The van der Waals surface area contributed by atoms with Crippen LogP contribution in [0, 0.1) is 0 Å². The SMILES string of the molecule is C=CCC(CCCCC)(Oc1ccccc1)n1nnc2ccccc21. The van der Waals surface area contributed by atoms with Gasteiger partial charge in [-0.1, -0.05) is 61.4 Å². The van der Waals surface area contributed by atoms with Crippen LogP contribution in [0.3, 0.4) is 0 Å². The predicted octanol–water partition coefficient (Wildman–Crippen LogP) is 5.32. The number of benzene rings is 2. The van der Waals surface area contributed by atoms with Gasteiger partial charge in [-0.3, -0.25) is 0 Å². The third-order valence-corrected chi connectivity index (χ3v) is 4.42. The molecule has 1 heterocycles. The van der Waals surface area contributed by atoms with Gasteiger partial charge in [0.2, 0.25) is 5.72 Å². The first-order chi connectivity index (χ1) is 12.3. The number of rotatable bonds is 9. The first-order valence-electron chi connectivity index (χ1n) is 8.95. The Kier molecular flexibility index (Phi) is 5.49. The lowest BCUT2D eigenvalue weighted by Gasteiger charge is -2.34. The molecule has 1 unspecified atom stereocenters. The summed E-state index contributed by atoms with van der Waals surface area (Å²) in [6, 6.07) is 17.9. The predicted molar refractivity (Wildman–Crippen MR) is 102 cm³/mol. The molecular weight excluding hydrogens is 310 g/mol. The molecule has 0 saturated heterocycles. The first kappa shape index (κ1) is 17.2. The summed E-state index contributed by atoms with van der Waals surface area (Å²) >= 11 is 0. The molecule has 0 fully saturated rings. The molecule has 1 aromatic heterocycles. The van der Waals surface area contributed by atoms with Crippen molar-refractivity contribution in [1.82, 2.24) is 15.0 Å². The second-order valence-electron chi connectivity index (χ2n) is 6.30. The van der Waals surface area contributed by atoms with Crippen molar-refractivity contribution in [3.63, 3.8) is 0 Å². The van der Waals surface area contributed by atoms with Gasteiger partial charge in [-0.05, 0) is 30.7 Å². The molecule has 0 spiro atoms. The number of hydrogen-bond acceptors (Lipinski definition) is 3.